The minimum absolute atomic E-state index is 0.0188. The second-order valence-electron chi connectivity index (χ2n) is 7.36. The molecule has 0 radical (unpaired) electrons. The highest BCUT2D eigenvalue weighted by Gasteiger charge is 2.15. The first-order valence-corrected chi connectivity index (χ1v) is 11.7. The molecule has 0 aliphatic carbocycles. The van der Waals surface area contributed by atoms with Crippen molar-refractivity contribution in [3.8, 4) is 11.8 Å². The number of hydrogen-bond acceptors (Lipinski definition) is 3. The zero-order valence-corrected chi connectivity index (χ0v) is 20.6. The van der Waals surface area contributed by atoms with Gasteiger partial charge in [-0.2, -0.15) is 5.26 Å². The van der Waals surface area contributed by atoms with Crippen LogP contribution in [-0.2, 0) is 17.6 Å². The van der Waals surface area contributed by atoms with Crippen molar-refractivity contribution in [3.05, 3.63) is 97.9 Å². The van der Waals surface area contributed by atoms with Gasteiger partial charge in [-0.25, -0.2) is 4.39 Å². The van der Waals surface area contributed by atoms with Crippen LogP contribution >= 0.6 is 22.6 Å². The first-order chi connectivity index (χ1) is 15.9. The third kappa shape index (κ3) is 6.42. The van der Waals surface area contributed by atoms with Gasteiger partial charge in [-0.1, -0.05) is 37.3 Å². The van der Waals surface area contributed by atoms with E-state index in [0.29, 0.717) is 35.6 Å². The van der Waals surface area contributed by atoms with Gasteiger partial charge in [0.15, 0.2) is 0 Å². The lowest BCUT2D eigenvalue weighted by Gasteiger charge is -2.14. The minimum atomic E-state index is -0.481. The molecule has 3 aromatic carbocycles. The Hall–Kier alpha value is -3.18. The zero-order valence-electron chi connectivity index (χ0n) is 18.5. The number of nitriles is 1. The molecule has 168 valence electrons. The highest BCUT2D eigenvalue weighted by molar-refractivity contribution is 14.1. The average Bonchev–Trinajstić information content (AvgIpc) is 2.81. The topological polar surface area (TPSA) is 62.1 Å². The summed E-state index contributed by atoms with van der Waals surface area (Å²) < 4.78 is 20.9. The van der Waals surface area contributed by atoms with Gasteiger partial charge in [-0.05, 0) is 89.0 Å². The smallest absolute Gasteiger partial charge is 0.266 e. The second kappa shape index (κ2) is 11.6. The molecule has 4 nitrogen and oxygen atoms in total. The van der Waals surface area contributed by atoms with Crippen molar-refractivity contribution in [3.63, 3.8) is 0 Å². The van der Waals surface area contributed by atoms with E-state index in [9.17, 15) is 14.4 Å². The number of carbonyl (C=O) groups excluding carboxylic acids is 1. The number of aryl methyl sites for hydroxylation is 1. The molecule has 3 rings (SSSR count). The fourth-order valence-corrected chi connectivity index (χ4v) is 4.16. The molecule has 0 bridgehead atoms. The van der Waals surface area contributed by atoms with E-state index < -0.39 is 5.91 Å². The van der Waals surface area contributed by atoms with Crippen LogP contribution < -0.4 is 10.1 Å². The fourth-order valence-electron chi connectivity index (χ4n) is 3.34. The van der Waals surface area contributed by atoms with E-state index in [1.807, 2.05) is 43.3 Å². The van der Waals surface area contributed by atoms with Crippen LogP contribution in [0.1, 0.15) is 36.1 Å². The molecule has 0 aliphatic rings. The highest BCUT2D eigenvalue weighted by Crippen LogP contribution is 2.30. The average molecular weight is 554 g/mol. The number of ether oxygens (including phenoxy) is 1. The third-order valence-corrected chi connectivity index (χ3v) is 6.06. The van der Waals surface area contributed by atoms with E-state index in [0.717, 1.165) is 21.1 Å². The summed E-state index contributed by atoms with van der Waals surface area (Å²) in [5.41, 5.74) is 3.87. The molecule has 6 heteroatoms. The molecule has 0 aliphatic heterocycles. The minimum Gasteiger partial charge on any atom is -0.494 e. The number of carbonyl (C=O) groups is 1. The monoisotopic (exact) mass is 554 g/mol. The van der Waals surface area contributed by atoms with Crippen LogP contribution in [0.25, 0.3) is 6.08 Å². The van der Waals surface area contributed by atoms with E-state index in [1.165, 1.54) is 12.1 Å². The van der Waals surface area contributed by atoms with Gasteiger partial charge in [-0.15, -0.1) is 0 Å². The predicted octanol–water partition coefficient (Wildman–Crippen LogP) is 6.53. The van der Waals surface area contributed by atoms with Gasteiger partial charge < -0.3 is 10.1 Å². The number of amides is 1. The lowest BCUT2D eigenvalue weighted by atomic mass is 10.0. The summed E-state index contributed by atoms with van der Waals surface area (Å²) >= 11 is 2.18. The van der Waals surface area contributed by atoms with Crippen LogP contribution in [0.5, 0.6) is 5.75 Å². The third-order valence-electron chi connectivity index (χ3n) is 5.10. The quantitative estimate of drug-likeness (QED) is 0.196. The summed E-state index contributed by atoms with van der Waals surface area (Å²) in [4.78, 5) is 12.7. The van der Waals surface area contributed by atoms with Crippen molar-refractivity contribution < 1.29 is 13.9 Å². The fraction of sp³-hybridized carbons (Fsp3) is 0.185. The maximum atomic E-state index is 14.2. The molecule has 0 saturated heterocycles. The molecule has 1 N–H and O–H groups in total. The highest BCUT2D eigenvalue weighted by atomic mass is 127. The summed E-state index contributed by atoms with van der Waals surface area (Å²) in [7, 11) is 0. The van der Waals surface area contributed by atoms with Gasteiger partial charge in [0.2, 0.25) is 0 Å². The zero-order chi connectivity index (χ0) is 23.8. The van der Waals surface area contributed by atoms with Crippen LogP contribution in [0, 0.1) is 20.7 Å². The lowest BCUT2D eigenvalue weighted by molar-refractivity contribution is -0.112. The summed E-state index contributed by atoms with van der Waals surface area (Å²) in [5, 5.41) is 12.4. The van der Waals surface area contributed by atoms with Crippen LogP contribution in [0.3, 0.4) is 0 Å². The molecular weight excluding hydrogens is 530 g/mol. The van der Waals surface area contributed by atoms with Crippen molar-refractivity contribution in [2.75, 3.05) is 11.9 Å². The van der Waals surface area contributed by atoms with Crippen molar-refractivity contribution in [2.24, 2.45) is 0 Å². The molecule has 1 amide bonds. The number of anilines is 1. The van der Waals surface area contributed by atoms with Gasteiger partial charge in [-0.3, -0.25) is 4.79 Å². The van der Waals surface area contributed by atoms with Gasteiger partial charge >= 0.3 is 0 Å². The van der Waals surface area contributed by atoms with E-state index in [2.05, 4.69) is 34.8 Å². The normalized spacial score (nSPS) is 11.1. The molecule has 3 aromatic rings. The van der Waals surface area contributed by atoms with E-state index in [4.69, 9.17) is 4.74 Å². The van der Waals surface area contributed by atoms with E-state index >= 15 is 0 Å². The Morgan fingerprint density at radius 3 is 2.52 bits per heavy atom. The van der Waals surface area contributed by atoms with Crippen molar-refractivity contribution in [1.82, 2.24) is 0 Å². The predicted molar refractivity (Wildman–Crippen MR) is 138 cm³/mol. The lowest BCUT2D eigenvalue weighted by Crippen LogP contribution is -2.13. The van der Waals surface area contributed by atoms with Crippen LogP contribution in [0.15, 0.2) is 66.2 Å². The summed E-state index contributed by atoms with van der Waals surface area (Å²) in [6, 6.07) is 19.8. The number of halogens is 2. The Morgan fingerprint density at radius 2 is 1.88 bits per heavy atom. The Bertz CT molecular complexity index is 1210. The maximum Gasteiger partial charge on any atom is 0.266 e. The molecule has 0 atom stereocenters. The maximum absolute atomic E-state index is 14.2. The van der Waals surface area contributed by atoms with Gasteiger partial charge in [0, 0.05) is 21.2 Å². The van der Waals surface area contributed by atoms with Crippen LogP contribution in [0.2, 0.25) is 0 Å². The van der Waals surface area contributed by atoms with Crippen LogP contribution in [0.4, 0.5) is 10.1 Å². The van der Waals surface area contributed by atoms with Gasteiger partial charge in [0.1, 0.15) is 23.2 Å². The molecule has 0 unspecified atom stereocenters. The molecular formula is C27H24FIN2O2. The first-order valence-electron chi connectivity index (χ1n) is 10.7. The first kappa shape index (κ1) is 24.5. The summed E-state index contributed by atoms with van der Waals surface area (Å²) in [5.74, 6) is -0.146. The largest absolute Gasteiger partial charge is 0.494 e. The molecule has 0 fully saturated rings. The standard InChI is InChI=1S/C27H24FIN2O2/c1-3-18-9-11-22(12-10-18)31-27(32)21(17-30)13-19-14-25(29)23(26(15-19)33-4-2)16-20-7-5-6-8-24(20)28/h5-15H,3-4,16H2,1-2H3,(H,31,32)/b21-13+. The molecule has 33 heavy (non-hydrogen) atoms. The van der Waals surface area contributed by atoms with E-state index in [1.54, 1.807) is 24.3 Å². The number of benzene rings is 3. The van der Waals surface area contributed by atoms with Crippen molar-refractivity contribution in [1.29, 1.82) is 5.26 Å². The SMILES string of the molecule is CCOc1cc(/C=C(\C#N)C(=O)Nc2ccc(CC)cc2)cc(I)c1Cc1ccccc1F. The Kier molecular flexibility index (Phi) is 8.61. The Labute approximate surface area is 207 Å². The van der Waals surface area contributed by atoms with Gasteiger partial charge in [0.05, 0.1) is 6.61 Å². The summed E-state index contributed by atoms with van der Waals surface area (Å²) in [6.45, 7) is 4.37. The van der Waals surface area contributed by atoms with Crippen molar-refractivity contribution in [2.45, 2.75) is 26.7 Å². The molecule has 0 heterocycles. The van der Waals surface area contributed by atoms with Gasteiger partial charge in [0.25, 0.3) is 5.91 Å². The molecule has 0 saturated carbocycles. The van der Waals surface area contributed by atoms with Crippen LogP contribution in [-0.4, -0.2) is 12.5 Å². The molecule has 0 aromatic heterocycles. The van der Waals surface area contributed by atoms with E-state index in [-0.39, 0.29) is 11.4 Å². The summed E-state index contributed by atoms with van der Waals surface area (Å²) in [6.07, 6.45) is 2.82. The second-order valence-corrected chi connectivity index (χ2v) is 8.52. The number of nitrogens with one attached hydrogen (secondary N) is 1. The number of rotatable bonds is 8. The Morgan fingerprint density at radius 1 is 1.15 bits per heavy atom. The van der Waals surface area contributed by atoms with Crippen molar-refractivity contribution >= 4 is 40.3 Å². The number of hydrogen-bond donors (Lipinski definition) is 1. The Balaban J connectivity index is 1.89. The number of nitrogens with zero attached hydrogens (tertiary/aromatic N) is 1. The molecule has 0 spiro atoms.